The van der Waals surface area contributed by atoms with E-state index in [9.17, 15) is 33.6 Å². The molecule has 0 saturated heterocycles. The number of amides is 1. The van der Waals surface area contributed by atoms with E-state index in [1.165, 1.54) is 20.0 Å². The molecule has 3 aromatic rings. The molecule has 3 N–H and O–H groups in total. The maximum absolute atomic E-state index is 12.9. The number of anilines is 2. The van der Waals surface area contributed by atoms with Crippen LogP contribution in [0.5, 0.6) is 5.95 Å². The van der Waals surface area contributed by atoms with Crippen molar-refractivity contribution in [2.45, 2.75) is 23.4 Å². The van der Waals surface area contributed by atoms with Crippen molar-refractivity contribution < 1.29 is 32.3 Å². The molecule has 1 aromatic carbocycles. The predicted molar refractivity (Wildman–Crippen MR) is 110 cm³/mol. The number of nitrogens with zero attached hydrogens (tertiary/aromatic N) is 5. The number of alkyl halides is 3. The number of thioether (sulfide) groups is 1. The number of hydrogen-bond acceptors (Lipinski definition) is 9. The molecule has 0 aliphatic carbocycles. The lowest BCUT2D eigenvalue weighted by atomic mass is 10.0. The van der Waals surface area contributed by atoms with Crippen LogP contribution in [0, 0.1) is 22.7 Å². The van der Waals surface area contributed by atoms with Crippen LogP contribution in [0.15, 0.2) is 33.8 Å². The summed E-state index contributed by atoms with van der Waals surface area (Å²) in [5.41, 5.74) is 4.02. The van der Waals surface area contributed by atoms with Crippen molar-refractivity contribution in [2.24, 2.45) is 7.05 Å². The number of nitrogens with one attached hydrogen (secondary N) is 1. The van der Waals surface area contributed by atoms with Crippen molar-refractivity contribution in [3.63, 3.8) is 0 Å². The van der Waals surface area contributed by atoms with Crippen molar-refractivity contribution in [3.05, 3.63) is 41.0 Å². The monoisotopic (exact) mass is 489 g/mol. The number of nitrogens with two attached hydrogens (primary N) is 1. The molecule has 10 nitrogen and oxygen atoms in total. The maximum atomic E-state index is 12.9. The summed E-state index contributed by atoms with van der Waals surface area (Å²) in [5, 5.41) is 36.2. The van der Waals surface area contributed by atoms with Crippen molar-refractivity contribution in [3.8, 4) is 29.3 Å². The third-order valence-electron chi connectivity index (χ3n) is 4.53. The summed E-state index contributed by atoms with van der Waals surface area (Å²) in [4.78, 5) is 16.6. The SMILES string of the molecule is CC(Sc1nc(N)c(C#N)c(-c2c([O-])on[n+]2C)c1C#N)C(=O)Nc1cccc(C(F)(F)F)c1. The highest BCUT2D eigenvalue weighted by Gasteiger charge is 2.32. The van der Waals surface area contributed by atoms with E-state index in [1.807, 2.05) is 6.07 Å². The Hall–Kier alpha value is -4.30. The number of carbonyl (C=O) groups excluding carboxylic acids is 1. The van der Waals surface area contributed by atoms with Crippen LogP contribution in [-0.4, -0.2) is 21.4 Å². The van der Waals surface area contributed by atoms with Crippen LogP contribution in [0.4, 0.5) is 24.7 Å². The van der Waals surface area contributed by atoms with Gasteiger partial charge in [0, 0.05) is 5.69 Å². The van der Waals surface area contributed by atoms with Gasteiger partial charge in [-0.1, -0.05) is 22.5 Å². The molecule has 0 saturated carbocycles. The van der Waals surface area contributed by atoms with Crippen LogP contribution in [0.25, 0.3) is 11.3 Å². The van der Waals surface area contributed by atoms with Gasteiger partial charge in [0.2, 0.25) is 5.91 Å². The number of benzene rings is 1. The average Bonchev–Trinajstić information content (AvgIpc) is 3.10. The standard InChI is InChI=1S/C20H14F3N7O3S/c1-9(17(31)27-11-5-3-4-10(6-11)20(21,22)23)34-18-13(8-25)14(12(7-24)16(26)28-18)15-19(32)33-29-30(15)2/h3-6,9H,1-2H3,(H3-,26,27,28,29,31,32). The second kappa shape index (κ2) is 9.29. The lowest BCUT2D eigenvalue weighted by Crippen LogP contribution is -2.32. The van der Waals surface area contributed by atoms with Gasteiger partial charge in [0.25, 0.3) is 5.69 Å². The second-order valence-corrected chi connectivity index (χ2v) is 8.14. The molecular formula is C20H14F3N7O3S. The third-order valence-corrected chi connectivity index (χ3v) is 5.62. The Morgan fingerprint density at radius 1 is 1.32 bits per heavy atom. The Labute approximate surface area is 194 Å². The molecule has 1 amide bonds. The van der Waals surface area contributed by atoms with E-state index in [0.29, 0.717) is 0 Å². The first-order chi connectivity index (χ1) is 16.0. The van der Waals surface area contributed by atoms with Crippen LogP contribution in [0.2, 0.25) is 0 Å². The van der Waals surface area contributed by atoms with Gasteiger partial charge in [0.1, 0.15) is 28.5 Å². The molecule has 14 heteroatoms. The molecule has 1 unspecified atom stereocenters. The quantitative estimate of drug-likeness (QED) is 0.402. The van der Waals surface area contributed by atoms with E-state index in [4.69, 9.17) is 5.73 Å². The smallest absolute Gasteiger partial charge is 0.416 e. The summed E-state index contributed by atoms with van der Waals surface area (Å²) in [6.45, 7) is 1.43. The van der Waals surface area contributed by atoms with Gasteiger partial charge in [0.05, 0.1) is 27.2 Å². The molecule has 174 valence electrons. The molecule has 2 heterocycles. The Morgan fingerprint density at radius 3 is 2.56 bits per heavy atom. The zero-order valence-electron chi connectivity index (χ0n) is 17.5. The molecule has 0 spiro atoms. The van der Waals surface area contributed by atoms with E-state index in [2.05, 4.69) is 20.1 Å². The third kappa shape index (κ3) is 4.72. The zero-order chi connectivity index (χ0) is 25.2. The molecular weight excluding hydrogens is 475 g/mol. The highest BCUT2D eigenvalue weighted by molar-refractivity contribution is 8.00. The summed E-state index contributed by atoms with van der Waals surface area (Å²) in [5.74, 6) is -1.91. The minimum atomic E-state index is -4.58. The van der Waals surface area contributed by atoms with E-state index in [0.717, 1.165) is 34.6 Å². The summed E-state index contributed by atoms with van der Waals surface area (Å²) in [6, 6.07) is 7.75. The van der Waals surface area contributed by atoms with Gasteiger partial charge >= 0.3 is 6.18 Å². The van der Waals surface area contributed by atoms with Crippen molar-refractivity contribution >= 4 is 29.2 Å². The Bertz CT molecular complexity index is 1340. The van der Waals surface area contributed by atoms with E-state index in [-0.39, 0.29) is 38.9 Å². The fourth-order valence-corrected chi connectivity index (χ4v) is 3.85. The van der Waals surface area contributed by atoms with Crippen molar-refractivity contribution in [1.82, 2.24) is 10.3 Å². The number of nitriles is 2. The summed E-state index contributed by atoms with van der Waals surface area (Å²) >= 11 is 0.769. The van der Waals surface area contributed by atoms with E-state index in [1.54, 1.807) is 6.07 Å². The molecule has 0 bridgehead atoms. The summed E-state index contributed by atoms with van der Waals surface area (Å²) in [7, 11) is 1.36. The van der Waals surface area contributed by atoms with Crippen LogP contribution in [0.1, 0.15) is 23.6 Å². The highest BCUT2D eigenvalue weighted by atomic mass is 32.2. The number of nitrogen functional groups attached to an aromatic ring is 1. The number of halogens is 3. The lowest BCUT2D eigenvalue weighted by molar-refractivity contribution is -0.730. The Kier molecular flexibility index (Phi) is 6.65. The van der Waals surface area contributed by atoms with Gasteiger partial charge in [-0.15, -0.1) is 0 Å². The van der Waals surface area contributed by atoms with Gasteiger partial charge in [-0.3, -0.25) is 4.79 Å². The zero-order valence-corrected chi connectivity index (χ0v) is 18.3. The first-order valence-electron chi connectivity index (χ1n) is 9.29. The van der Waals surface area contributed by atoms with Crippen molar-refractivity contribution in [2.75, 3.05) is 11.1 Å². The topological polar surface area (TPSA) is 169 Å². The Morgan fingerprint density at radius 2 is 2.00 bits per heavy atom. The number of rotatable bonds is 5. The molecule has 0 radical (unpaired) electrons. The molecule has 1 atom stereocenters. The van der Waals surface area contributed by atoms with Gasteiger partial charge in [-0.05, 0) is 25.1 Å². The minimum absolute atomic E-state index is 0.0682. The van der Waals surface area contributed by atoms with Crippen LogP contribution < -0.4 is 20.8 Å². The van der Waals surface area contributed by atoms with Gasteiger partial charge in [-0.25, -0.2) is 4.98 Å². The number of hydrogen-bond donors (Lipinski definition) is 2. The van der Waals surface area contributed by atoms with Crippen LogP contribution >= 0.6 is 11.8 Å². The molecule has 34 heavy (non-hydrogen) atoms. The largest absolute Gasteiger partial charge is 0.539 e. The van der Waals surface area contributed by atoms with Gasteiger partial charge in [0.15, 0.2) is 13.0 Å². The molecule has 0 fully saturated rings. The highest BCUT2D eigenvalue weighted by Crippen LogP contribution is 2.38. The maximum Gasteiger partial charge on any atom is 0.416 e. The molecule has 0 aliphatic heterocycles. The fraction of sp³-hybridized carbons (Fsp3) is 0.200. The first-order valence-corrected chi connectivity index (χ1v) is 10.2. The molecule has 3 rings (SSSR count). The molecule has 0 aliphatic rings. The minimum Gasteiger partial charge on any atom is -0.539 e. The van der Waals surface area contributed by atoms with E-state index >= 15 is 0 Å². The summed E-state index contributed by atoms with van der Waals surface area (Å²) < 4.78 is 44.4. The number of pyridine rings is 1. The Balaban J connectivity index is 1.96. The van der Waals surface area contributed by atoms with Gasteiger partial charge in [-0.2, -0.15) is 23.7 Å². The number of aromatic nitrogens is 3. The van der Waals surface area contributed by atoms with Crippen LogP contribution in [-0.2, 0) is 18.0 Å². The van der Waals surface area contributed by atoms with Crippen molar-refractivity contribution in [1.29, 1.82) is 10.5 Å². The second-order valence-electron chi connectivity index (χ2n) is 6.81. The van der Waals surface area contributed by atoms with Crippen LogP contribution in [0.3, 0.4) is 0 Å². The molecule has 2 aromatic heterocycles. The summed E-state index contributed by atoms with van der Waals surface area (Å²) in [6.07, 6.45) is -4.58. The fourth-order valence-electron chi connectivity index (χ4n) is 2.94. The normalized spacial score (nSPS) is 12.0. The van der Waals surface area contributed by atoms with E-state index < -0.39 is 28.8 Å². The number of aryl methyl sites for hydroxylation is 1. The lowest BCUT2D eigenvalue weighted by Gasteiger charge is -2.15. The van der Waals surface area contributed by atoms with Gasteiger partial charge < -0.3 is 20.7 Å². The first kappa shape index (κ1) is 24.3. The number of carbonyl (C=O) groups is 1. The predicted octanol–water partition coefficient (Wildman–Crippen LogP) is 2.10. The average molecular weight is 489 g/mol.